The Morgan fingerprint density at radius 1 is 1.31 bits per heavy atom. The Morgan fingerprint density at radius 3 is 2.77 bits per heavy atom. The Labute approximate surface area is 157 Å². The molecule has 1 saturated heterocycles. The highest BCUT2D eigenvalue weighted by Gasteiger charge is 2.35. The molecule has 26 heavy (non-hydrogen) atoms. The van der Waals surface area contributed by atoms with Gasteiger partial charge in [-0.2, -0.15) is 0 Å². The van der Waals surface area contributed by atoms with E-state index < -0.39 is 0 Å². The first-order valence-electron chi connectivity index (χ1n) is 8.45. The Balaban J connectivity index is 1.64. The topological polar surface area (TPSA) is 58.6 Å². The van der Waals surface area contributed by atoms with Crippen LogP contribution in [0.15, 0.2) is 42.5 Å². The standard InChI is InChI=1S/C20H21ClN2O3/c1-13-5-3-4-6-14(13)11-22-20(25)15-9-19(24)23(12-15)16-7-8-18(26-2)17(21)10-16/h3-8,10,15H,9,11-12H2,1-2H3,(H,22,25). The second-order valence-corrected chi connectivity index (χ2v) is 6.78. The number of anilines is 1. The van der Waals surface area contributed by atoms with Crippen LogP contribution in [0.2, 0.25) is 5.02 Å². The molecular formula is C20H21ClN2O3. The molecule has 3 rings (SSSR count). The summed E-state index contributed by atoms with van der Waals surface area (Å²) in [4.78, 5) is 26.4. The molecule has 1 atom stereocenters. The van der Waals surface area contributed by atoms with E-state index in [0.29, 0.717) is 29.5 Å². The van der Waals surface area contributed by atoms with Crippen LogP contribution in [0.25, 0.3) is 0 Å². The smallest absolute Gasteiger partial charge is 0.227 e. The minimum atomic E-state index is -0.368. The second kappa shape index (κ2) is 7.79. The summed E-state index contributed by atoms with van der Waals surface area (Å²) >= 11 is 6.14. The van der Waals surface area contributed by atoms with Gasteiger partial charge in [-0.15, -0.1) is 0 Å². The molecular weight excluding hydrogens is 352 g/mol. The number of nitrogens with one attached hydrogen (secondary N) is 1. The molecule has 2 aromatic carbocycles. The normalized spacial score (nSPS) is 16.7. The molecule has 6 heteroatoms. The summed E-state index contributed by atoms with van der Waals surface area (Å²) < 4.78 is 5.13. The summed E-state index contributed by atoms with van der Waals surface area (Å²) in [6, 6.07) is 13.1. The quantitative estimate of drug-likeness (QED) is 0.875. The molecule has 0 aliphatic carbocycles. The third kappa shape index (κ3) is 3.83. The number of halogens is 1. The van der Waals surface area contributed by atoms with Crippen molar-refractivity contribution in [3.05, 3.63) is 58.6 Å². The van der Waals surface area contributed by atoms with Crippen molar-refractivity contribution >= 4 is 29.1 Å². The molecule has 1 fully saturated rings. The zero-order valence-electron chi connectivity index (χ0n) is 14.8. The maximum Gasteiger partial charge on any atom is 0.227 e. The van der Waals surface area contributed by atoms with Crippen molar-refractivity contribution in [3.8, 4) is 5.75 Å². The van der Waals surface area contributed by atoms with Gasteiger partial charge in [0.05, 0.1) is 18.1 Å². The van der Waals surface area contributed by atoms with Gasteiger partial charge in [-0.3, -0.25) is 9.59 Å². The van der Waals surface area contributed by atoms with Crippen LogP contribution >= 0.6 is 11.6 Å². The third-order valence-electron chi connectivity index (χ3n) is 4.66. The van der Waals surface area contributed by atoms with Crippen LogP contribution in [-0.2, 0) is 16.1 Å². The van der Waals surface area contributed by atoms with Crippen molar-refractivity contribution in [1.82, 2.24) is 5.32 Å². The van der Waals surface area contributed by atoms with Crippen LogP contribution in [0.5, 0.6) is 5.75 Å². The predicted molar refractivity (Wildman–Crippen MR) is 101 cm³/mol. The van der Waals surface area contributed by atoms with E-state index in [1.165, 1.54) is 7.11 Å². The summed E-state index contributed by atoms with van der Waals surface area (Å²) in [6.07, 6.45) is 0.198. The van der Waals surface area contributed by atoms with E-state index in [4.69, 9.17) is 16.3 Å². The van der Waals surface area contributed by atoms with Gasteiger partial charge in [-0.05, 0) is 36.2 Å². The van der Waals surface area contributed by atoms with Gasteiger partial charge in [0.2, 0.25) is 11.8 Å². The fraction of sp³-hybridized carbons (Fsp3) is 0.300. The molecule has 1 aliphatic rings. The molecule has 5 nitrogen and oxygen atoms in total. The summed E-state index contributed by atoms with van der Waals surface area (Å²) in [5, 5.41) is 3.38. The van der Waals surface area contributed by atoms with Crippen LogP contribution < -0.4 is 15.0 Å². The number of carbonyl (C=O) groups excluding carboxylic acids is 2. The van der Waals surface area contributed by atoms with Crippen LogP contribution in [0.3, 0.4) is 0 Å². The van der Waals surface area contributed by atoms with E-state index >= 15 is 0 Å². The highest BCUT2D eigenvalue weighted by Crippen LogP contribution is 2.32. The van der Waals surface area contributed by atoms with Crippen LogP contribution in [0, 0.1) is 12.8 Å². The minimum Gasteiger partial charge on any atom is -0.495 e. The van der Waals surface area contributed by atoms with E-state index in [-0.39, 0.29) is 24.2 Å². The Hall–Kier alpha value is -2.53. The van der Waals surface area contributed by atoms with Gasteiger partial charge in [0.15, 0.2) is 0 Å². The van der Waals surface area contributed by atoms with Crippen molar-refractivity contribution in [3.63, 3.8) is 0 Å². The molecule has 0 spiro atoms. The number of benzene rings is 2. The largest absolute Gasteiger partial charge is 0.495 e. The number of aryl methyl sites for hydroxylation is 1. The molecule has 2 aromatic rings. The third-order valence-corrected chi connectivity index (χ3v) is 4.95. The summed E-state index contributed by atoms with van der Waals surface area (Å²) in [5.41, 5.74) is 2.88. The molecule has 1 aliphatic heterocycles. The average Bonchev–Trinajstić information content (AvgIpc) is 3.02. The van der Waals surface area contributed by atoms with E-state index in [1.807, 2.05) is 31.2 Å². The van der Waals surface area contributed by atoms with Crippen LogP contribution in [-0.4, -0.2) is 25.5 Å². The first-order chi connectivity index (χ1) is 12.5. The molecule has 0 radical (unpaired) electrons. The average molecular weight is 373 g/mol. The number of nitrogens with zero attached hydrogens (tertiary/aromatic N) is 1. The predicted octanol–water partition coefficient (Wildman–Crippen LogP) is 3.33. The fourth-order valence-electron chi connectivity index (χ4n) is 3.09. The number of hydrogen-bond acceptors (Lipinski definition) is 3. The Bertz CT molecular complexity index is 838. The fourth-order valence-corrected chi connectivity index (χ4v) is 3.34. The first kappa shape index (κ1) is 18.3. The van der Waals surface area contributed by atoms with Gasteiger partial charge in [0.25, 0.3) is 0 Å². The lowest BCUT2D eigenvalue weighted by Crippen LogP contribution is -2.32. The number of carbonyl (C=O) groups is 2. The first-order valence-corrected chi connectivity index (χ1v) is 8.83. The summed E-state index contributed by atoms with van der Waals surface area (Å²) in [5.74, 6) is -0.00651. The highest BCUT2D eigenvalue weighted by atomic mass is 35.5. The number of amides is 2. The van der Waals surface area contributed by atoms with Gasteiger partial charge in [0.1, 0.15) is 5.75 Å². The molecule has 136 valence electrons. The van der Waals surface area contributed by atoms with Crippen molar-refractivity contribution in [2.75, 3.05) is 18.6 Å². The van der Waals surface area contributed by atoms with E-state index in [2.05, 4.69) is 5.32 Å². The van der Waals surface area contributed by atoms with E-state index in [0.717, 1.165) is 11.1 Å². The summed E-state index contributed by atoms with van der Waals surface area (Å²) in [7, 11) is 1.54. The van der Waals surface area contributed by atoms with Crippen molar-refractivity contribution in [2.24, 2.45) is 5.92 Å². The zero-order chi connectivity index (χ0) is 18.7. The van der Waals surface area contributed by atoms with Crippen molar-refractivity contribution in [1.29, 1.82) is 0 Å². The lowest BCUT2D eigenvalue weighted by atomic mass is 10.1. The van der Waals surface area contributed by atoms with Gasteiger partial charge >= 0.3 is 0 Å². The number of methoxy groups -OCH3 is 1. The monoisotopic (exact) mass is 372 g/mol. The van der Waals surface area contributed by atoms with Gasteiger partial charge in [-0.1, -0.05) is 35.9 Å². The maximum absolute atomic E-state index is 12.5. The van der Waals surface area contributed by atoms with Gasteiger partial charge in [-0.25, -0.2) is 0 Å². The van der Waals surface area contributed by atoms with E-state index in [1.54, 1.807) is 23.1 Å². The molecule has 0 bridgehead atoms. The molecule has 1 unspecified atom stereocenters. The molecule has 2 amide bonds. The van der Waals surface area contributed by atoms with E-state index in [9.17, 15) is 9.59 Å². The Morgan fingerprint density at radius 2 is 2.08 bits per heavy atom. The van der Waals surface area contributed by atoms with Gasteiger partial charge < -0.3 is 15.0 Å². The molecule has 0 saturated carbocycles. The maximum atomic E-state index is 12.5. The van der Waals surface area contributed by atoms with Crippen LogP contribution in [0.1, 0.15) is 17.5 Å². The second-order valence-electron chi connectivity index (χ2n) is 6.37. The minimum absolute atomic E-state index is 0.0812. The number of rotatable bonds is 5. The van der Waals surface area contributed by atoms with Crippen molar-refractivity contribution < 1.29 is 14.3 Å². The van der Waals surface area contributed by atoms with Gasteiger partial charge in [0, 0.05) is 25.2 Å². The lowest BCUT2D eigenvalue weighted by molar-refractivity contribution is -0.126. The van der Waals surface area contributed by atoms with Crippen molar-refractivity contribution in [2.45, 2.75) is 19.9 Å². The highest BCUT2D eigenvalue weighted by molar-refractivity contribution is 6.32. The summed E-state index contributed by atoms with van der Waals surface area (Å²) in [6.45, 7) is 2.82. The number of hydrogen-bond donors (Lipinski definition) is 1. The lowest BCUT2D eigenvalue weighted by Gasteiger charge is -2.18. The molecule has 1 N–H and O–H groups in total. The zero-order valence-corrected chi connectivity index (χ0v) is 15.5. The molecule has 0 aromatic heterocycles. The number of ether oxygens (including phenoxy) is 1. The molecule has 1 heterocycles. The van der Waals surface area contributed by atoms with Crippen LogP contribution in [0.4, 0.5) is 5.69 Å². The Kier molecular flexibility index (Phi) is 5.47. The SMILES string of the molecule is COc1ccc(N2CC(C(=O)NCc3ccccc3C)CC2=O)cc1Cl.